The van der Waals surface area contributed by atoms with Crippen molar-refractivity contribution in [3.63, 3.8) is 0 Å². The van der Waals surface area contributed by atoms with Crippen LogP contribution in [-0.2, 0) is 21.8 Å². The molecule has 0 saturated heterocycles. The number of benzene rings is 2. The molecule has 0 bridgehead atoms. The van der Waals surface area contributed by atoms with E-state index in [1.54, 1.807) is 31.0 Å². The fourth-order valence-corrected chi connectivity index (χ4v) is 3.57. The van der Waals surface area contributed by atoms with E-state index in [-0.39, 0.29) is 23.4 Å². The third-order valence-corrected chi connectivity index (χ3v) is 5.29. The lowest BCUT2D eigenvalue weighted by molar-refractivity contribution is -0.137. The smallest absolute Gasteiger partial charge is 0.242 e. The number of nitrogens with zero attached hydrogens (tertiary/aromatic N) is 1. The van der Waals surface area contributed by atoms with Gasteiger partial charge in [0.1, 0.15) is 11.9 Å². The van der Waals surface area contributed by atoms with Crippen molar-refractivity contribution >= 4 is 23.6 Å². The maximum absolute atomic E-state index is 13.0. The molecule has 0 aliphatic rings. The molecule has 1 atom stereocenters. The maximum atomic E-state index is 13.0. The minimum Gasteiger partial charge on any atom is -0.357 e. The Hall–Kier alpha value is -2.34. The summed E-state index contributed by atoms with van der Waals surface area (Å²) in [5.74, 6) is 0.362. The van der Waals surface area contributed by atoms with Gasteiger partial charge in [0.05, 0.1) is 5.75 Å². The summed E-state index contributed by atoms with van der Waals surface area (Å²) in [7, 11) is 1.57. The Morgan fingerprint density at radius 1 is 1.07 bits per heavy atom. The van der Waals surface area contributed by atoms with E-state index in [2.05, 4.69) is 5.32 Å². The van der Waals surface area contributed by atoms with Gasteiger partial charge in [0, 0.05) is 19.3 Å². The number of hydrogen-bond donors (Lipinski definition) is 1. The molecule has 4 nitrogen and oxygen atoms in total. The molecule has 144 valence electrons. The summed E-state index contributed by atoms with van der Waals surface area (Å²) in [5.41, 5.74) is 2.09. The standard InChI is InChI=1S/C21H25FN2O2S/c1-16(21(26)23-2)24(13-12-17-6-4-3-5-7-17)20(25)15-27-14-18-8-10-19(22)11-9-18/h3-11,16H,12-15H2,1-2H3,(H,23,26)/t16-/m1/s1. The highest BCUT2D eigenvalue weighted by molar-refractivity contribution is 7.99. The monoisotopic (exact) mass is 388 g/mol. The number of carbonyl (C=O) groups excluding carboxylic acids is 2. The highest BCUT2D eigenvalue weighted by Crippen LogP contribution is 2.15. The number of thioether (sulfide) groups is 1. The van der Waals surface area contributed by atoms with Crippen LogP contribution in [0.4, 0.5) is 4.39 Å². The Labute approximate surface area is 164 Å². The summed E-state index contributed by atoms with van der Waals surface area (Å²) in [6.45, 7) is 2.22. The topological polar surface area (TPSA) is 49.4 Å². The number of hydrogen-bond acceptors (Lipinski definition) is 3. The lowest BCUT2D eigenvalue weighted by atomic mass is 10.1. The lowest BCUT2D eigenvalue weighted by Gasteiger charge is -2.28. The lowest BCUT2D eigenvalue weighted by Crippen LogP contribution is -2.48. The zero-order valence-corrected chi connectivity index (χ0v) is 16.5. The van der Waals surface area contributed by atoms with E-state index in [9.17, 15) is 14.0 Å². The molecule has 0 heterocycles. The zero-order valence-electron chi connectivity index (χ0n) is 15.7. The molecule has 0 aromatic heterocycles. The Morgan fingerprint density at radius 3 is 2.37 bits per heavy atom. The van der Waals surface area contributed by atoms with Crippen molar-refractivity contribution in [3.05, 3.63) is 71.5 Å². The van der Waals surface area contributed by atoms with Gasteiger partial charge in [0.25, 0.3) is 0 Å². The Morgan fingerprint density at radius 2 is 1.74 bits per heavy atom. The van der Waals surface area contributed by atoms with Crippen LogP contribution in [0.2, 0.25) is 0 Å². The van der Waals surface area contributed by atoms with E-state index in [1.807, 2.05) is 30.3 Å². The van der Waals surface area contributed by atoms with Crippen molar-refractivity contribution in [3.8, 4) is 0 Å². The van der Waals surface area contributed by atoms with Crippen LogP contribution in [0.25, 0.3) is 0 Å². The molecule has 0 spiro atoms. The Kier molecular flexibility index (Phi) is 8.33. The van der Waals surface area contributed by atoms with E-state index in [4.69, 9.17) is 0 Å². The quantitative estimate of drug-likeness (QED) is 0.717. The van der Waals surface area contributed by atoms with Crippen LogP contribution < -0.4 is 5.32 Å². The fraction of sp³-hybridized carbons (Fsp3) is 0.333. The highest BCUT2D eigenvalue weighted by Gasteiger charge is 2.24. The van der Waals surface area contributed by atoms with Gasteiger partial charge in [-0.2, -0.15) is 0 Å². The third kappa shape index (κ3) is 6.71. The summed E-state index contributed by atoms with van der Waals surface area (Å²) in [4.78, 5) is 26.4. The average Bonchev–Trinajstić information content (AvgIpc) is 2.69. The van der Waals surface area contributed by atoms with E-state index in [0.717, 1.165) is 11.1 Å². The summed E-state index contributed by atoms with van der Waals surface area (Å²) in [6, 6.07) is 15.6. The molecule has 1 N–H and O–H groups in total. The second kappa shape index (κ2) is 10.7. The van der Waals surface area contributed by atoms with Gasteiger partial charge >= 0.3 is 0 Å². The molecule has 0 unspecified atom stereocenters. The first kappa shape index (κ1) is 21.0. The normalized spacial score (nSPS) is 11.7. The molecule has 6 heteroatoms. The first-order valence-electron chi connectivity index (χ1n) is 8.88. The van der Waals surface area contributed by atoms with E-state index in [1.165, 1.54) is 23.9 Å². The summed E-state index contributed by atoms with van der Waals surface area (Å²) in [5, 5.41) is 2.61. The minimum absolute atomic E-state index is 0.0749. The number of halogens is 1. The summed E-state index contributed by atoms with van der Waals surface area (Å²) in [6.07, 6.45) is 0.691. The van der Waals surface area contributed by atoms with Crippen LogP contribution in [0.15, 0.2) is 54.6 Å². The minimum atomic E-state index is -0.530. The summed E-state index contributed by atoms with van der Waals surface area (Å²) >= 11 is 1.46. The highest BCUT2D eigenvalue weighted by atomic mass is 32.2. The van der Waals surface area contributed by atoms with Crippen LogP contribution in [0.5, 0.6) is 0 Å². The number of carbonyl (C=O) groups is 2. The van der Waals surface area contributed by atoms with E-state index < -0.39 is 6.04 Å². The van der Waals surface area contributed by atoms with Gasteiger partial charge in [0.15, 0.2) is 0 Å². The van der Waals surface area contributed by atoms with Crippen molar-refractivity contribution in [1.29, 1.82) is 0 Å². The van der Waals surface area contributed by atoms with Crippen LogP contribution in [0, 0.1) is 5.82 Å². The molecule has 0 aliphatic carbocycles. The van der Waals surface area contributed by atoms with Gasteiger partial charge in [0.2, 0.25) is 11.8 Å². The fourth-order valence-electron chi connectivity index (χ4n) is 2.70. The molecule has 0 radical (unpaired) electrons. The van der Waals surface area contributed by atoms with Gasteiger partial charge in [-0.3, -0.25) is 9.59 Å². The van der Waals surface area contributed by atoms with Crippen molar-refractivity contribution in [1.82, 2.24) is 10.2 Å². The third-order valence-electron chi connectivity index (χ3n) is 4.31. The van der Waals surface area contributed by atoms with Gasteiger partial charge < -0.3 is 10.2 Å². The van der Waals surface area contributed by atoms with Crippen molar-refractivity contribution in [2.24, 2.45) is 0 Å². The van der Waals surface area contributed by atoms with Gasteiger partial charge in [-0.15, -0.1) is 11.8 Å². The molecule has 0 saturated carbocycles. The average molecular weight is 389 g/mol. The van der Waals surface area contributed by atoms with Crippen LogP contribution in [-0.4, -0.2) is 42.1 Å². The molecule has 0 aliphatic heterocycles. The number of nitrogens with one attached hydrogen (secondary N) is 1. The molecule has 27 heavy (non-hydrogen) atoms. The Balaban J connectivity index is 1.94. The predicted molar refractivity (Wildman–Crippen MR) is 108 cm³/mol. The number of likely N-dealkylation sites (N-methyl/N-ethyl adjacent to an activating group) is 1. The molecular weight excluding hydrogens is 363 g/mol. The van der Waals surface area contributed by atoms with Crippen LogP contribution >= 0.6 is 11.8 Å². The van der Waals surface area contributed by atoms with Crippen LogP contribution in [0.3, 0.4) is 0 Å². The molecule has 0 fully saturated rings. The van der Waals surface area contributed by atoms with Crippen molar-refractivity contribution in [2.75, 3.05) is 19.3 Å². The second-order valence-electron chi connectivity index (χ2n) is 6.23. The maximum Gasteiger partial charge on any atom is 0.242 e. The van der Waals surface area contributed by atoms with Gasteiger partial charge in [-0.25, -0.2) is 4.39 Å². The largest absolute Gasteiger partial charge is 0.357 e. The molecule has 2 rings (SSSR count). The SMILES string of the molecule is CNC(=O)[C@@H](C)N(CCc1ccccc1)C(=O)CSCc1ccc(F)cc1. The predicted octanol–water partition coefficient (Wildman–Crippen LogP) is 3.26. The molecular formula is C21H25FN2O2S. The van der Waals surface area contributed by atoms with Gasteiger partial charge in [-0.05, 0) is 36.6 Å². The first-order chi connectivity index (χ1) is 13.0. The van der Waals surface area contributed by atoms with Crippen molar-refractivity contribution in [2.45, 2.75) is 25.1 Å². The van der Waals surface area contributed by atoms with E-state index in [0.29, 0.717) is 18.7 Å². The molecule has 2 amide bonds. The zero-order chi connectivity index (χ0) is 19.6. The van der Waals surface area contributed by atoms with Crippen molar-refractivity contribution < 1.29 is 14.0 Å². The second-order valence-corrected chi connectivity index (χ2v) is 7.22. The summed E-state index contributed by atoms with van der Waals surface area (Å²) < 4.78 is 13.0. The van der Waals surface area contributed by atoms with Crippen LogP contribution in [0.1, 0.15) is 18.1 Å². The number of amides is 2. The first-order valence-corrected chi connectivity index (χ1v) is 10.0. The molecule has 2 aromatic rings. The van der Waals surface area contributed by atoms with Gasteiger partial charge in [-0.1, -0.05) is 42.5 Å². The van der Waals surface area contributed by atoms with E-state index >= 15 is 0 Å². The Bertz CT molecular complexity index is 738. The molecule has 2 aromatic carbocycles. The number of rotatable bonds is 9.